The molecule has 0 aliphatic carbocycles. The summed E-state index contributed by atoms with van der Waals surface area (Å²) in [5.74, 6) is 0.0216. The van der Waals surface area contributed by atoms with E-state index in [0.717, 1.165) is 24.9 Å². The fourth-order valence-corrected chi connectivity index (χ4v) is 4.94. The normalized spacial score (nSPS) is 16.1. The van der Waals surface area contributed by atoms with Gasteiger partial charge in [0.1, 0.15) is 0 Å². The number of benzene rings is 1. The lowest BCUT2D eigenvalue weighted by atomic mass is 10.2. The van der Waals surface area contributed by atoms with Gasteiger partial charge in [-0.1, -0.05) is 36.0 Å². The molecule has 1 N–H and O–H groups in total. The summed E-state index contributed by atoms with van der Waals surface area (Å²) in [5, 5.41) is 2.02. The zero-order chi connectivity index (χ0) is 20.7. The fourth-order valence-electron chi connectivity index (χ4n) is 2.69. The van der Waals surface area contributed by atoms with Crippen molar-refractivity contribution in [3.63, 3.8) is 0 Å². The van der Waals surface area contributed by atoms with Gasteiger partial charge in [-0.25, -0.2) is 8.42 Å². The van der Waals surface area contributed by atoms with Gasteiger partial charge in [-0.2, -0.15) is 0 Å². The van der Waals surface area contributed by atoms with Crippen LogP contribution in [0.5, 0.6) is 0 Å². The van der Waals surface area contributed by atoms with Gasteiger partial charge < -0.3 is 9.80 Å². The number of nitrogens with one attached hydrogen (secondary N) is 1. The maximum absolute atomic E-state index is 12.7. The van der Waals surface area contributed by atoms with Crippen molar-refractivity contribution in [2.75, 3.05) is 39.8 Å². The van der Waals surface area contributed by atoms with E-state index in [1.165, 1.54) is 11.5 Å². The molecule has 0 radical (unpaired) electrons. The molecule has 2 rings (SSSR count). The van der Waals surface area contributed by atoms with E-state index in [0.29, 0.717) is 23.7 Å². The van der Waals surface area contributed by atoms with Gasteiger partial charge in [-0.15, -0.1) is 0 Å². The Labute approximate surface area is 175 Å². The number of likely N-dealkylation sites (N-methyl/N-ethyl adjacent to an activating group) is 1. The minimum absolute atomic E-state index is 0.0216. The maximum atomic E-state index is 12.7. The van der Waals surface area contributed by atoms with Crippen LogP contribution in [0.4, 0.5) is 0 Å². The lowest BCUT2D eigenvalue weighted by Crippen LogP contribution is -2.47. The Morgan fingerprint density at radius 1 is 1.36 bits per heavy atom. The molecule has 1 aliphatic rings. The lowest BCUT2D eigenvalue weighted by Gasteiger charge is -2.32. The highest BCUT2D eigenvalue weighted by Crippen LogP contribution is 2.23. The summed E-state index contributed by atoms with van der Waals surface area (Å²) in [6, 6.07) is 4.69. The average Bonchev–Trinajstić information content (AvgIpc) is 2.64. The summed E-state index contributed by atoms with van der Waals surface area (Å²) in [5.41, 5.74) is 0.463. The van der Waals surface area contributed by atoms with Gasteiger partial charge in [0.05, 0.1) is 11.4 Å². The second kappa shape index (κ2) is 10.3. The highest BCUT2D eigenvalue weighted by molar-refractivity contribution is 8.17. The minimum Gasteiger partial charge on any atom is -0.340 e. The van der Waals surface area contributed by atoms with Gasteiger partial charge in [-0.05, 0) is 37.1 Å². The number of amidine groups is 1. The molecule has 0 unspecified atom stereocenters. The largest absolute Gasteiger partial charge is 0.340 e. The van der Waals surface area contributed by atoms with Crippen LogP contribution in [0.25, 0.3) is 0 Å². The van der Waals surface area contributed by atoms with Crippen molar-refractivity contribution in [2.24, 2.45) is 4.99 Å². The number of piperazine rings is 1. The predicted molar refractivity (Wildman–Crippen MR) is 115 cm³/mol. The first-order valence-electron chi connectivity index (χ1n) is 8.81. The van der Waals surface area contributed by atoms with E-state index in [2.05, 4.69) is 21.2 Å². The number of hydrogen-bond donors (Lipinski definition) is 1. The maximum Gasteiger partial charge on any atom is 0.263 e. The van der Waals surface area contributed by atoms with E-state index in [1.807, 2.05) is 11.9 Å². The first-order chi connectivity index (χ1) is 13.2. The molecule has 1 amide bonds. The molecule has 1 heterocycles. The summed E-state index contributed by atoms with van der Waals surface area (Å²) < 4.78 is 27.8. The third-order valence-corrected chi connectivity index (χ3v) is 7.00. The topological polar surface area (TPSA) is 82.1 Å². The number of halogens is 1. The van der Waals surface area contributed by atoms with E-state index in [-0.39, 0.29) is 28.9 Å². The van der Waals surface area contributed by atoms with Gasteiger partial charge >= 0.3 is 0 Å². The Bertz CT molecular complexity index is 850. The van der Waals surface area contributed by atoms with Crippen LogP contribution >= 0.6 is 23.4 Å². The SMILES string of the molecule is C=CSC(=NCCC(=O)N1CCN(C)CC1)NS(=O)(=O)c1cccc(Cl)c1C. The number of sulfonamides is 1. The van der Waals surface area contributed by atoms with Crippen LogP contribution < -0.4 is 4.72 Å². The molecule has 0 spiro atoms. The van der Waals surface area contributed by atoms with Crippen LogP contribution in [-0.4, -0.2) is 69.1 Å². The van der Waals surface area contributed by atoms with Crippen molar-refractivity contribution in [2.45, 2.75) is 18.2 Å². The van der Waals surface area contributed by atoms with Crippen molar-refractivity contribution < 1.29 is 13.2 Å². The van der Waals surface area contributed by atoms with Crippen LogP contribution in [0.1, 0.15) is 12.0 Å². The van der Waals surface area contributed by atoms with Crippen molar-refractivity contribution >= 4 is 44.5 Å². The summed E-state index contributed by atoms with van der Waals surface area (Å²) in [4.78, 5) is 20.6. The lowest BCUT2D eigenvalue weighted by molar-refractivity contribution is -0.132. The smallest absolute Gasteiger partial charge is 0.263 e. The van der Waals surface area contributed by atoms with E-state index >= 15 is 0 Å². The molecule has 1 saturated heterocycles. The molecule has 1 fully saturated rings. The Morgan fingerprint density at radius 2 is 2.04 bits per heavy atom. The van der Waals surface area contributed by atoms with E-state index in [4.69, 9.17) is 11.6 Å². The summed E-state index contributed by atoms with van der Waals surface area (Å²) in [6.45, 7) is 8.55. The summed E-state index contributed by atoms with van der Waals surface area (Å²) >= 11 is 7.08. The molecule has 154 valence electrons. The molecular formula is C18H25ClN4O3S2. The monoisotopic (exact) mass is 444 g/mol. The van der Waals surface area contributed by atoms with Crippen molar-refractivity contribution in [3.8, 4) is 0 Å². The Balaban J connectivity index is 2.02. The molecule has 0 atom stereocenters. The predicted octanol–water partition coefficient (Wildman–Crippen LogP) is 2.32. The van der Waals surface area contributed by atoms with Crippen molar-refractivity contribution in [1.29, 1.82) is 0 Å². The highest BCUT2D eigenvalue weighted by Gasteiger charge is 2.21. The van der Waals surface area contributed by atoms with Gasteiger partial charge in [-0.3, -0.25) is 14.5 Å². The number of rotatable bonds is 6. The standard InChI is InChI=1S/C18H25ClN4O3S2/c1-4-27-18(20-9-8-17(24)23-12-10-22(3)11-13-23)21-28(25,26)16-7-5-6-15(19)14(16)2/h4-7H,1,8-13H2,2-3H3,(H,20,21). The van der Waals surface area contributed by atoms with Crippen LogP contribution in [-0.2, 0) is 14.8 Å². The van der Waals surface area contributed by atoms with Crippen molar-refractivity contribution in [1.82, 2.24) is 14.5 Å². The molecule has 0 aromatic heterocycles. The Morgan fingerprint density at radius 3 is 2.68 bits per heavy atom. The average molecular weight is 445 g/mol. The third kappa shape index (κ3) is 6.23. The second-order valence-electron chi connectivity index (χ2n) is 6.37. The molecule has 1 aromatic rings. The number of carbonyl (C=O) groups is 1. The van der Waals surface area contributed by atoms with Crippen molar-refractivity contribution in [3.05, 3.63) is 40.8 Å². The quantitative estimate of drug-likeness (QED) is 0.537. The van der Waals surface area contributed by atoms with Gasteiger partial charge in [0.15, 0.2) is 5.17 Å². The van der Waals surface area contributed by atoms with E-state index in [9.17, 15) is 13.2 Å². The molecule has 0 bridgehead atoms. The molecule has 1 aromatic carbocycles. The first kappa shape index (κ1) is 22.7. The number of amides is 1. The van der Waals surface area contributed by atoms with Gasteiger partial charge in [0.25, 0.3) is 10.0 Å². The number of carbonyl (C=O) groups excluding carboxylic acids is 1. The molecule has 28 heavy (non-hydrogen) atoms. The fraction of sp³-hybridized carbons (Fsp3) is 0.444. The molecule has 7 nitrogen and oxygen atoms in total. The van der Waals surface area contributed by atoms with E-state index in [1.54, 1.807) is 19.1 Å². The number of hydrogen-bond acceptors (Lipinski definition) is 6. The zero-order valence-electron chi connectivity index (χ0n) is 16.0. The Hall–Kier alpha value is -1.55. The number of aliphatic imine (C=N–C) groups is 1. The first-order valence-corrected chi connectivity index (χ1v) is 11.5. The van der Waals surface area contributed by atoms with E-state index < -0.39 is 10.0 Å². The number of nitrogens with zero attached hydrogens (tertiary/aromatic N) is 3. The minimum atomic E-state index is -3.85. The second-order valence-corrected chi connectivity index (χ2v) is 9.39. The molecular weight excluding hydrogens is 420 g/mol. The number of thioether (sulfide) groups is 1. The zero-order valence-corrected chi connectivity index (χ0v) is 18.4. The van der Waals surface area contributed by atoms with Crippen LogP contribution in [0.2, 0.25) is 5.02 Å². The van der Waals surface area contributed by atoms with Crippen LogP contribution in [0.15, 0.2) is 40.1 Å². The van der Waals surface area contributed by atoms with Gasteiger partial charge in [0, 0.05) is 37.6 Å². The summed E-state index contributed by atoms with van der Waals surface area (Å²) in [6.07, 6.45) is 0.225. The third-order valence-electron chi connectivity index (χ3n) is 4.36. The molecule has 0 saturated carbocycles. The molecule has 1 aliphatic heterocycles. The van der Waals surface area contributed by atoms with Crippen LogP contribution in [0.3, 0.4) is 0 Å². The summed E-state index contributed by atoms with van der Waals surface area (Å²) in [7, 11) is -1.82. The van der Waals surface area contributed by atoms with Crippen LogP contribution in [0, 0.1) is 6.92 Å². The molecule has 10 heteroatoms. The Kier molecular flexibility index (Phi) is 8.36. The highest BCUT2D eigenvalue weighted by atomic mass is 35.5. The van der Waals surface area contributed by atoms with Gasteiger partial charge in [0.2, 0.25) is 5.91 Å².